The third-order valence-electron chi connectivity index (χ3n) is 5.09. The molecule has 28 heavy (non-hydrogen) atoms. The molecule has 1 unspecified atom stereocenters. The Morgan fingerprint density at radius 3 is 2.75 bits per heavy atom. The van der Waals surface area contributed by atoms with Crippen LogP contribution in [0.25, 0.3) is 0 Å². The van der Waals surface area contributed by atoms with Gasteiger partial charge in [-0.05, 0) is 44.7 Å². The summed E-state index contributed by atoms with van der Waals surface area (Å²) in [6.07, 6.45) is 4.23. The van der Waals surface area contributed by atoms with Gasteiger partial charge in [0.15, 0.2) is 0 Å². The van der Waals surface area contributed by atoms with Crippen molar-refractivity contribution in [3.8, 4) is 11.5 Å². The fourth-order valence-electron chi connectivity index (χ4n) is 3.63. The third-order valence-corrected chi connectivity index (χ3v) is 5.09. The van der Waals surface area contributed by atoms with Crippen molar-refractivity contribution in [2.75, 3.05) is 26.1 Å². The van der Waals surface area contributed by atoms with Crippen LogP contribution in [0.5, 0.6) is 11.5 Å². The average molecular weight is 384 g/mol. The first-order valence-electron chi connectivity index (χ1n) is 9.71. The Labute approximate surface area is 166 Å². The van der Waals surface area contributed by atoms with Crippen molar-refractivity contribution in [3.05, 3.63) is 35.8 Å². The molecule has 1 aromatic carbocycles. The van der Waals surface area contributed by atoms with Gasteiger partial charge >= 0.3 is 0 Å². The minimum absolute atomic E-state index is 0.0299. The molecule has 150 valence electrons. The van der Waals surface area contributed by atoms with Crippen molar-refractivity contribution >= 4 is 17.4 Å². The lowest BCUT2D eigenvalue weighted by molar-refractivity contribution is 0.0601. The molecule has 0 saturated carbocycles. The molecule has 1 saturated heterocycles. The average Bonchev–Trinajstić information content (AvgIpc) is 2.72. The molecule has 7 nitrogen and oxygen atoms in total. The van der Waals surface area contributed by atoms with E-state index in [9.17, 15) is 4.79 Å². The maximum atomic E-state index is 13.1. The fourth-order valence-corrected chi connectivity index (χ4v) is 3.63. The van der Waals surface area contributed by atoms with Gasteiger partial charge in [0.1, 0.15) is 28.8 Å². The number of nitrogens with zero attached hydrogens (tertiary/aromatic N) is 3. The minimum Gasteiger partial charge on any atom is -0.497 e. The maximum Gasteiger partial charge on any atom is 0.272 e. The summed E-state index contributed by atoms with van der Waals surface area (Å²) in [7, 11) is 3.22. The topological polar surface area (TPSA) is 76.6 Å². The molecule has 1 atom stereocenters. The lowest BCUT2D eigenvalue weighted by Gasteiger charge is -2.35. The summed E-state index contributed by atoms with van der Waals surface area (Å²) in [6.45, 7) is 4.70. The summed E-state index contributed by atoms with van der Waals surface area (Å²) < 4.78 is 10.7. The van der Waals surface area contributed by atoms with Gasteiger partial charge in [-0.1, -0.05) is 6.92 Å². The molecule has 1 fully saturated rings. The quantitative estimate of drug-likeness (QED) is 0.813. The van der Waals surface area contributed by atoms with Crippen molar-refractivity contribution < 1.29 is 14.3 Å². The molecule has 2 heterocycles. The first-order chi connectivity index (χ1) is 13.5. The Morgan fingerprint density at radius 1 is 1.21 bits per heavy atom. The van der Waals surface area contributed by atoms with E-state index in [4.69, 9.17) is 9.47 Å². The standard InChI is InChI=1S/C21H28N4O3/c1-5-15-8-6-7-11-25(15)21(26)18-13-20(23-14(2)22-18)24-17-12-16(27-3)9-10-19(17)28-4/h9-10,12-13,15H,5-8,11H2,1-4H3,(H,22,23,24). The third kappa shape index (κ3) is 4.35. The highest BCUT2D eigenvalue weighted by atomic mass is 16.5. The first kappa shape index (κ1) is 19.9. The molecular weight excluding hydrogens is 356 g/mol. The van der Waals surface area contributed by atoms with E-state index < -0.39 is 0 Å². The molecule has 3 rings (SSSR count). The largest absolute Gasteiger partial charge is 0.497 e. The van der Waals surface area contributed by atoms with E-state index in [1.165, 1.54) is 6.42 Å². The zero-order chi connectivity index (χ0) is 20.1. The summed E-state index contributed by atoms with van der Waals surface area (Å²) in [5.74, 6) is 2.42. The number of carbonyl (C=O) groups excluding carboxylic acids is 1. The Morgan fingerprint density at radius 2 is 2.04 bits per heavy atom. The van der Waals surface area contributed by atoms with Crippen molar-refractivity contribution in [2.24, 2.45) is 0 Å². The number of anilines is 2. The monoisotopic (exact) mass is 384 g/mol. The zero-order valence-electron chi connectivity index (χ0n) is 17.0. The second kappa shape index (κ2) is 8.91. The predicted molar refractivity (Wildman–Crippen MR) is 109 cm³/mol. The molecule has 1 aliphatic heterocycles. The van der Waals surface area contributed by atoms with Crippen molar-refractivity contribution in [1.29, 1.82) is 0 Å². The molecule has 0 bridgehead atoms. The maximum absolute atomic E-state index is 13.1. The summed E-state index contributed by atoms with van der Waals surface area (Å²) in [5, 5.41) is 3.24. The number of aryl methyl sites for hydroxylation is 1. The van der Waals surface area contributed by atoms with E-state index in [2.05, 4.69) is 22.2 Å². The van der Waals surface area contributed by atoms with Gasteiger partial charge in [0.05, 0.1) is 19.9 Å². The summed E-state index contributed by atoms with van der Waals surface area (Å²) >= 11 is 0. The number of rotatable bonds is 6. The number of amides is 1. The molecular formula is C21H28N4O3. The van der Waals surface area contributed by atoms with E-state index >= 15 is 0 Å². The van der Waals surface area contributed by atoms with Crippen LogP contribution in [-0.4, -0.2) is 47.6 Å². The number of aromatic nitrogens is 2. The molecule has 0 radical (unpaired) electrons. The summed E-state index contributed by atoms with van der Waals surface area (Å²) in [5.41, 5.74) is 1.12. The predicted octanol–water partition coefficient (Wildman–Crippen LogP) is 3.95. The van der Waals surface area contributed by atoms with Gasteiger partial charge in [-0.25, -0.2) is 9.97 Å². The normalized spacial score (nSPS) is 16.6. The van der Waals surface area contributed by atoms with Gasteiger partial charge in [-0.15, -0.1) is 0 Å². The van der Waals surface area contributed by atoms with Crippen LogP contribution >= 0.6 is 0 Å². The lowest BCUT2D eigenvalue weighted by atomic mass is 9.99. The van der Waals surface area contributed by atoms with Crippen LogP contribution in [0.1, 0.15) is 48.9 Å². The molecule has 7 heteroatoms. The molecule has 0 spiro atoms. The lowest BCUT2D eigenvalue weighted by Crippen LogP contribution is -2.43. The Kier molecular flexibility index (Phi) is 6.34. The van der Waals surface area contributed by atoms with Crippen LogP contribution in [-0.2, 0) is 0 Å². The summed E-state index contributed by atoms with van der Waals surface area (Å²) in [4.78, 5) is 23.9. The van der Waals surface area contributed by atoms with Crippen LogP contribution in [0.4, 0.5) is 11.5 Å². The second-order valence-corrected chi connectivity index (χ2v) is 6.93. The molecule has 1 N–H and O–H groups in total. The van der Waals surface area contributed by atoms with E-state index in [0.717, 1.165) is 25.8 Å². The van der Waals surface area contributed by atoms with Gasteiger partial charge in [-0.3, -0.25) is 4.79 Å². The van der Waals surface area contributed by atoms with Gasteiger partial charge in [-0.2, -0.15) is 0 Å². The van der Waals surface area contributed by atoms with E-state index in [1.54, 1.807) is 27.2 Å². The van der Waals surface area contributed by atoms with Crippen LogP contribution in [0.2, 0.25) is 0 Å². The number of piperidine rings is 1. The number of likely N-dealkylation sites (tertiary alicyclic amines) is 1. The fraction of sp³-hybridized carbons (Fsp3) is 0.476. The van der Waals surface area contributed by atoms with Crippen LogP contribution in [0.3, 0.4) is 0 Å². The van der Waals surface area contributed by atoms with Crippen LogP contribution in [0, 0.1) is 6.92 Å². The number of hydrogen-bond donors (Lipinski definition) is 1. The van der Waals surface area contributed by atoms with Crippen molar-refractivity contribution in [2.45, 2.75) is 45.6 Å². The highest BCUT2D eigenvalue weighted by molar-refractivity contribution is 5.93. The van der Waals surface area contributed by atoms with E-state index in [0.29, 0.717) is 34.5 Å². The van der Waals surface area contributed by atoms with Crippen molar-refractivity contribution in [1.82, 2.24) is 14.9 Å². The highest BCUT2D eigenvalue weighted by Gasteiger charge is 2.27. The van der Waals surface area contributed by atoms with Gasteiger partial charge in [0.2, 0.25) is 0 Å². The Balaban J connectivity index is 1.89. The number of benzene rings is 1. The van der Waals surface area contributed by atoms with Gasteiger partial charge < -0.3 is 19.7 Å². The van der Waals surface area contributed by atoms with Crippen LogP contribution < -0.4 is 14.8 Å². The summed E-state index contributed by atoms with van der Waals surface area (Å²) in [6, 6.07) is 7.46. The SMILES string of the molecule is CCC1CCCCN1C(=O)c1cc(Nc2cc(OC)ccc2OC)nc(C)n1. The smallest absolute Gasteiger partial charge is 0.272 e. The van der Waals surface area contributed by atoms with Gasteiger partial charge in [0.25, 0.3) is 5.91 Å². The van der Waals surface area contributed by atoms with E-state index in [1.807, 2.05) is 23.1 Å². The Hall–Kier alpha value is -2.83. The highest BCUT2D eigenvalue weighted by Crippen LogP contribution is 2.31. The van der Waals surface area contributed by atoms with Crippen LogP contribution in [0.15, 0.2) is 24.3 Å². The molecule has 1 aliphatic rings. The molecule has 2 aromatic rings. The number of carbonyl (C=O) groups is 1. The first-order valence-corrected chi connectivity index (χ1v) is 9.71. The Bertz CT molecular complexity index is 840. The molecule has 1 amide bonds. The number of nitrogens with one attached hydrogen (secondary N) is 1. The number of methoxy groups -OCH3 is 2. The zero-order valence-corrected chi connectivity index (χ0v) is 17.0. The number of ether oxygens (including phenoxy) is 2. The second-order valence-electron chi connectivity index (χ2n) is 6.93. The van der Waals surface area contributed by atoms with Gasteiger partial charge in [0, 0.05) is 24.7 Å². The number of hydrogen-bond acceptors (Lipinski definition) is 6. The van der Waals surface area contributed by atoms with Crippen molar-refractivity contribution in [3.63, 3.8) is 0 Å². The molecule has 1 aromatic heterocycles. The molecule has 0 aliphatic carbocycles. The minimum atomic E-state index is -0.0299. The van der Waals surface area contributed by atoms with E-state index in [-0.39, 0.29) is 11.9 Å².